The maximum absolute atomic E-state index is 12.8. The van der Waals surface area contributed by atoms with E-state index >= 15 is 0 Å². The van der Waals surface area contributed by atoms with Crippen LogP contribution in [-0.2, 0) is 9.84 Å². The monoisotopic (exact) mass is 462 g/mol. The normalized spacial score (nSPS) is 22.9. The number of aliphatic imine (C=N–C) groups is 1. The van der Waals surface area contributed by atoms with Crippen molar-refractivity contribution < 1.29 is 27.4 Å². The Balaban J connectivity index is 1.72. The number of rotatable bonds is 5. The van der Waals surface area contributed by atoms with Gasteiger partial charge in [-0.25, -0.2) is 8.42 Å². The van der Waals surface area contributed by atoms with Gasteiger partial charge >= 0.3 is 0 Å². The molecule has 2 aromatic carbocycles. The molecule has 0 N–H and O–H groups in total. The molecule has 0 saturated carbocycles. The van der Waals surface area contributed by atoms with E-state index in [0.717, 1.165) is 0 Å². The Morgan fingerprint density at radius 1 is 1.00 bits per heavy atom. The Bertz CT molecular complexity index is 1130. The van der Waals surface area contributed by atoms with Gasteiger partial charge in [-0.2, -0.15) is 4.99 Å². The molecule has 2 atom stereocenters. The highest BCUT2D eigenvalue weighted by Gasteiger charge is 2.49. The van der Waals surface area contributed by atoms with Gasteiger partial charge in [-0.15, -0.1) is 0 Å². The Morgan fingerprint density at radius 2 is 1.71 bits per heavy atom. The van der Waals surface area contributed by atoms with E-state index in [0.29, 0.717) is 33.7 Å². The van der Waals surface area contributed by atoms with Gasteiger partial charge in [0.25, 0.3) is 5.91 Å². The van der Waals surface area contributed by atoms with Crippen molar-refractivity contribution in [3.05, 3.63) is 48.0 Å². The summed E-state index contributed by atoms with van der Waals surface area (Å²) in [6, 6.07) is 11.7. The topological polar surface area (TPSA) is 94.5 Å². The Hall–Kier alpha value is -2.72. The number of carbonyl (C=O) groups is 1. The number of thioether (sulfide) groups is 1. The fraction of sp³-hybridized carbons (Fsp3) is 0.333. The van der Waals surface area contributed by atoms with Gasteiger partial charge in [0.15, 0.2) is 26.5 Å². The largest absolute Gasteiger partial charge is 0.497 e. The smallest absolute Gasteiger partial charge is 0.279 e. The van der Waals surface area contributed by atoms with Crippen molar-refractivity contribution in [3.63, 3.8) is 0 Å². The van der Waals surface area contributed by atoms with Crippen LogP contribution in [0.1, 0.15) is 10.4 Å². The number of hydrogen-bond donors (Lipinski definition) is 0. The molecule has 2 heterocycles. The summed E-state index contributed by atoms with van der Waals surface area (Å²) in [7, 11) is 1.47. The lowest BCUT2D eigenvalue weighted by molar-refractivity contribution is 0.100. The van der Waals surface area contributed by atoms with E-state index in [2.05, 4.69) is 4.99 Å². The number of anilines is 1. The summed E-state index contributed by atoms with van der Waals surface area (Å²) in [4.78, 5) is 19.0. The highest BCUT2D eigenvalue weighted by atomic mass is 32.2. The first-order chi connectivity index (χ1) is 14.8. The first-order valence-corrected chi connectivity index (χ1v) is 12.2. The average molecular weight is 463 g/mol. The van der Waals surface area contributed by atoms with E-state index in [1.54, 1.807) is 50.6 Å². The van der Waals surface area contributed by atoms with Gasteiger partial charge in [0.2, 0.25) is 0 Å². The summed E-state index contributed by atoms with van der Waals surface area (Å²) in [5.41, 5.74) is 1.11. The molecular formula is C21H22N2O6S2. The fourth-order valence-electron chi connectivity index (χ4n) is 3.73. The molecule has 0 radical (unpaired) electrons. The van der Waals surface area contributed by atoms with Gasteiger partial charge in [-0.3, -0.25) is 4.79 Å². The van der Waals surface area contributed by atoms with Crippen LogP contribution < -0.4 is 19.1 Å². The third-order valence-electron chi connectivity index (χ3n) is 5.25. The minimum atomic E-state index is -3.16. The maximum atomic E-state index is 12.8. The Labute approximate surface area is 185 Å². The van der Waals surface area contributed by atoms with Crippen molar-refractivity contribution >= 4 is 38.4 Å². The quantitative estimate of drug-likeness (QED) is 0.669. The fourth-order valence-corrected chi connectivity index (χ4v) is 7.64. The second-order valence-electron chi connectivity index (χ2n) is 7.14. The molecule has 10 heteroatoms. The number of benzene rings is 2. The summed E-state index contributed by atoms with van der Waals surface area (Å²) in [6.45, 7) is 0. The molecule has 2 aromatic rings. The standard InChI is InChI=1S/C21H22N2O6S2/c1-27-15-7-4-13(5-8-15)20(24)22-21-23(16-11-31(25,26)12-19(16)30-21)14-6-9-17(28-2)18(10-14)29-3/h4-10,16,19H,11-12H2,1-3H3. The zero-order valence-electron chi connectivity index (χ0n) is 17.3. The molecule has 0 bridgehead atoms. The minimum Gasteiger partial charge on any atom is -0.497 e. The van der Waals surface area contributed by atoms with Crippen molar-refractivity contribution in [3.8, 4) is 17.2 Å². The number of carbonyl (C=O) groups excluding carboxylic acids is 1. The number of amides is 1. The maximum Gasteiger partial charge on any atom is 0.279 e. The summed E-state index contributed by atoms with van der Waals surface area (Å²) in [6.07, 6.45) is 0. The van der Waals surface area contributed by atoms with E-state index in [9.17, 15) is 13.2 Å². The van der Waals surface area contributed by atoms with Crippen LogP contribution in [0, 0.1) is 0 Å². The molecule has 8 nitrogen and oxygen atoms in total. The second kappa shape index (κ2) is 8.43. The number of hydrogen-bond acceptors (Lipinski definition) is 7. The lowest BCUT2D eigenvalue weighted by Gasteiger charge is -2.25. The van der Waals surface area contributed by atoms with Gasteiger partial charge in [0.1, 0.15) is 5.75 Å². The molecule has 164 valence electrons. The predicted molar refractivity (Wildman–Crippen MR) is 121 cm³/mol. The number of fused-ring (bicyclic) bond motifs is 1. The Morgan fingerprint density at radius 3 is 2.35 bits per heavy atom. The molecule has 31 heavy (non-hydrogen) atoms. The molecule has 2 unspecified atom stereocenters. The van der Waals surface area contributed by atoms with Gasteiger partial charge in [0.05, 0.1) is 38.9 Å². The van der Waals surface area contributed by atoms with E-state index in [-0.39, 0.29) is 22.8 Å². The SMILES string of the molecule is COc1ccc(C(=O)N=C2SC3CS(=O)(=O)CC3N2c2ccc(OC)c(OC)c2)cc1. The van der Waals surface area contributed by atoms with Crippen molar-refractivity contribution in [2.24, 2.45) is 4.99 Å². The summed E-state index contributed by atoms with van der Waals surface area (Å²) >= 11 is 1.32. The van der Waals surface area contributed by atoms with Crippen LogP contribution in [0.4, 0.5) is 5.69 Å². The van der Waals surface area contributed by atoms with E-state index in [1.807, 2.05) is 11.0 Å². The van der Waals surface area contributed by atoms with Crippen molar-refractivity contribution in [1.29, 1.82) is 0 Å². The molecule has 0 spiro atoms. The van der Waals surface area contributed by atoms with Crippen molar-refractivity contribution in [2.45, 2.75) is 11.3 Å². The zero-order chi connectivity index (χ0) is 22.2. The highest BCUT2D eigenvalue weighted by Crippen LogP contribution is 2.43. The molecule has 0 aromatic heterocycles. The van der Waals surface area contributed by atoms with Gasteiger partial charge in [0, 0.05) is 22.6 Å². The minimum absolute atomic E-state index is 0.00869. The van der Waals surface area contributed by atoms with Gasteiger partial charge < -0.3 is 19.1 Å². The predicted octanol–water partition coefficient (Wildman–Crippen LogP) is 2.63. The average Bonchev–Trinajstić information content (AvgIpc) is 3.23. The summed E-state index contributed by atoms with van der Waals surface area (Å²) in [5, 5.41) is 0.276. The summed E-state index contributed by atoms with van der Waals surface area (Å²) < 4.78 is 40.3. The molecule has 2 aliphatic rings. The van der Waals surface area contributed by atoms with Crippen LogP contribution in [0.2, 0.25) is 0 Å². The molecule has 1 amide bonds. The van der Waals surface area contributed by atoms with Crippen LogP contribution in [0.3, 0.4) is 0 Å². The lowest BCUT2D eigenvalue weighted by Crippen LogP contribution is -2.37. The molecule has 4 rings (SSSR count). The van der Waals surface area contributed by atoms with Crippen molar-refractivity contribution in [2.75, 3.05) is 37.7 Å². The van der Waals surface area contributed by atoms with Crippen molar-refractivity contribution in [1.82, 2.24) is 0 Å². The third kappa shape index (κ3) is 4.22. The zero-order valence-corrected chi connectivity index (χ0v) is 18.9. The number of methoxy groups -OCH3 is 3. The highest BCUT2D eigenvalue weighted by molar-refractivity contribution is 8.16. The third-order valence-corrected chi connectivity index (χ3v) is 8.46. The van der Waals surface area contributed by atoms with Crippen LogP contribution >= 0.6 is 11.8 Å². The first-order valence-electron chi connectivity index (χ1n) is 9.50. The lowest BCUT2D eigenvalue weighted by atomic mass is 10.2. The van der Waals surface area contributed by atoms with E-state index < -0.39 is 15.7 Å². The van der Waals surface area contributed by atoms with Crippen LogP contribution in [0.25, 0.3) is 0 Å². The molecule has 2 aliphatic heterocycles. The van der Waals surface area contributed by atoms with E-state index in [1.165, 1.54) is 18.9 Å². The Kier molecular flexibility index (Phi) is 5.85. The molecule has 2 fully saturated rings. The number of ether oxygens (including phenoxy) is 3. The number of sulfone groups is 1. The number of nitrogens with zero attached hydrogens (tertiary/aromatic N) is 2. The molecular weight excluding hydrogens is 440 g/mol. The first kappa shape index (κ1) is 21.5. The van der Waals surface area contributed by atoms with Gasteiger partial charge in [-0.05, 0) is 36.4 Å². The molecule has 0 aliphatic carbocycles. The van der Waals surface area contributed by atoms with E-state index in [4.69, 9.17) is 14.2 Å². The summed E-state index contributed by atoms with van der Waals surface area (Å²) in [5.74, 6) is 1.37. The van der Waals surface area contributed by atoms with Crippen LogP contribution in [0.5, 0.6) is 17.2 Å². The molecule has 2 saturated heterocycles. The van der Waals surface area contributed by atoms with Crippen LogP contribution in [-0.4, -0.2) is 63.6 Å². The van der Waals surface area contributed by atoms with Gasteiger partial charge in [-0.1, -0.05) is 11.8 Å². The second-order valence-corrected chi connectivity index (χ2v) is 10.5. The van der Waals surface area contributed by atoms with Crippen LogP contribution in [0.15, 0.2) is 47.5 Å². The number of amidine groups is 1.